The monoisotopic (exact) mass is 478 g/mol. The number of ether oxygens (including phenoxy) is 1. The minimum absolute atomic E-state index is 0.0448. The lowest BCUT2D eigenvalue weighted by atomic mass is 10.2. The van der Waals surface area contributed by atoms with E-state index in [9.17, 15) is 14.0 Å². The number of aromatic nitrogens is 3. The third kappa shape index (κ3) is 4.49. The van der Waals surface area contributed by atoms with Gasteiger partial charge in [0.2, 0.25) is 0 Å². The molecule has 34 heavy (non-hydrogen) atoms. The van der Waals surface area contributed by atoms with Crippen LogP contribution < -0.4 is 15.9 Å². The Morgan fingerprint density at radius 3 is 2.56 bits per heavy atom. The molecule has 9 heteroatoms. The van der Waals surface area contributed by atoms with Crippen molar-refractivity contribution in [2.24, 2.45) is 4.99 Å². The number of hydrogen-bond acceptors (Lipinski definition) is 4. The molecule has 0 bridgehead atoms. The van der Waals surface area contributed by atoms with E-state index < -0.39 is 11.4 Å². The van der Waals surface area contributed by atoms with Crippen molar-refractivity contribution < 1.29 is 9.13 Å². The minimum Gasteiger partial charge on any atom is -0.487 e. The van der Waals surface area contributed by atoms with Crippen molar-refractivity contribution in [3.05, 3.63) is 117 Å². The predicted molar refractivity (Wildman–Crippen MR) is 132 cm³/mol. The van der Waals surface area contributed by atoms with Gasteiger partial charge in [-0.15, -0.1) is 0 Å². The first-order valence-electron chi connectivity index (χ1n) is 10.2. The summed E-state index contributed by atoms with van der Waals surface area (Å²) < 4.78 is 21.8. The fraction of sp³-hybridized carbons (Fsp3) is 0.0800. The van der Waals surface area contributed by atoms with Gasteiger partial charge >= 0.3 is 0 Å². The summed E-state index contributed by atoms with van der Waals surface area (Å²) >= 11 is 6.30. The second-order valence-electron chi connectivity index (χ2n) is 7.26. The first-order valence-corrected chi connectivity index (χ1v) is 10.6. The van der Waals surface area contributed by atoms with Crippen molar-refractivity contribution in [1.82, 2.24) is 14.3 Å². The van der Waals surface area contributed by atoms with E-state index >= 15 is 0 Å². The summed E-state index contributed by atoms with van der Waals surface area (Å²) in [6, 6.07) is 13.6. The number of para-hydroxylation sites is 1. The molecule has 1 N–H and O–H groups in total. The summed E-state index contributed by atoms with van der Waals surface area (Å²) in [5.74, 6) is -0.0287. The van der Waals surface area contributed by atoms with Crippen molar-refractivity contribution in [3.8, 4) is 11.4 Å². The number of nitrogens with zero attached hydrogens (tertiary/aromatic N) is 3. The standard InChI is InChI=1S/C25H20ClFN4O3/c1-3-17(28-4-2)14-30-22(15-34-18-11-9-16(27)10-12-18)24-20(13-23(30)32)29-31(25(24)33)21-8-6-5-7-19(21)26/h3-13,29H,1-2,14-15H2. The first-order chi connectivity index (χ1) is 16.4. The molecule has 2 aromatic heterocycles. The Balaban J connectivity index is 1.92. The Labute approximate surface area is 198 Å². The molecule has 172 valence electrons. The normalized spacial score (nSPS) is 11.5. The smallest absolute Gasteiger partial charge is 0.281 e. The lowest BCUT2D eigenvalue weighted by Crippen LogP contribution is -2.28. The van der Waals surface area contributed by atoms with Gasteiger partial charge in [-0.1, -0.05) is 36.9 Å². The Kier molecular flexibility index (Phi) is 6.60. The number of aromatic amines is 1. The molecule has 0 atom stereocenters. The molecule has 2 aromatic carbocycles. The fourth-order valence-corrected chi connectivity index (χ4v) is 3.77. The molecule has 2 heterocycles. The van der Waals surface area contributed by atoms with Gasteiger partial charge in [-0.25, -0.2) is 9.07 Å². The number of nitrogens with one attached hydrogen (secondary N) is 1. The van der Waals surface area contributed by atoms with Crippen LogP contribution in [0.1, 0.15) is 5.69 Å². The van der Waals surface area contributed by atoms with Crippen LogP contribution in [0.5, 0.6) is 5.75 Å². The molecule has 0 aliphatic carbocycles. The zero-order valence-electron chi connectivity index (χ0n) is 18.0. The molecule has 0 saturated carbocycles. The molecular weight excluding hydrogens is 459 g/mol. The molecule has 0 radical (unpaired) electrons. The van der Waals surface area contributed by atoms with Crippen molar-refractivity contribution >= 4 is 28.2 Å². The summed E-state index contributed by atoms with van der Waals surface area (Å²) in [6.45, 7) is 7.21. The number of pyridine rings is 1. The number of hydrogen-bond donors (Lipinski definition) is 1. The Morgan fingerprint density at radius 2 is 1.88 bits per heavy atom. The molecular formula is C25H20ClFN4O3. The average molecular weight is 479 g/mol. The Bertz CT molecular complexity index is 1530. The quantitative estimate of drug-likeness (QED) is 0.375. The molecule has 4 rings (SSSR count). The van der Waals surface area contributed by atoms with Crippen LogP contribution in [0.4, 0.5) is 4.39 Å². The van der Waals surface area contributed by atoms with Crippen LogP contribution in [0, 0.1) is 5.82 Å². The summed E-state index contributed by atoms with van der Waals surface area (Å²) in [7, 11) is 0. The van der Waals surface area contributed by atoms with E-state index in [0.717, 1.165) is 0 Å². The van der Waals surface area contributed by atoms with E-state index in [1.807, 2.05) is 0 Å². The lowest BCUT2D eigenvalue weighted by molar-refractivity contribution is 0.296. The summed E-state index contributed by atoms with van der Waals surface area (Å²) in [6.07, 6.45) is 2.85. The van der Waals surface area contributed by atoms with Gasteiger partial charge in [0.25, 0.3) is 11.1 Å². The van der Waals surface area contributed by atoms with Gasteiger partial charge in [-0.2, -0.15) is 0 Å². The molecule has 0 amide bonds. The SMILES string of the molecule is C=CN=C(C=C)Cn1c(COc2ccc(F)cc2)c2c(=O)n(-c3ccccc3Cl)[nH]c2cc1=O. The zero-order chi connectivity index (χ0) is 24.2. The molecule has 0 aliphatic rings. The number of rotatable bonds is 8. The average Bonchev–Trinajstić information content (AvgIpc) is 3.15. The van der Waals surface area contributed by atoms with Crippen LogP contribution in [-0.2, 0) is 13.2 Å². The van der Waals surface area contributed by atoms with E-state index in [1.54, 1.807) is 24.3 Å². The molecule has 0 aliphatic heterocycles. The highest BCUT2D eigenvalue weighted by Crippen LogP contribution is 2.21. The molecule has 0 spiro atoms. The van der Waals surface area contributed by atoms with Gasteiger partial charge in [0, 0.05) is 12.3 Å². The molecule has 0 saturated heterocycles. The molecule has 4 aromatic rings. The number of benzene rings is 2. The van der Waals surface area contributed by atoms with Crippen molar-refractivity contribution in [2.45, 2.75) is 13.2 Å². The summed E-state index contributed by atoms with van der Waals surface area (Å²) in [5, 5.41) is 3.58. The van der Waals surface area contributed by atoms with E-state index in [2.05, 4.69) is 23.2 Å². The van der Waals surface area contributed by atoms with Crippen molar-refractivity contribution in [3.63, 3.8) is 0 Å². The second kappa shape index (κ2) is 9.76. The first kappa shape index (κ1) is 23.0. The topological polar surface area (TPSA) is 81.4 Å². The van der Waals surface area contributed by atoms with Crippen LogP contribution in [-0.4, -0.2) is 20.1 Å². The van der Waals surface area contributed by atoms with E-state index in [1.165, 1.54) is 51.9 Å². The predicted octanol–water partition coefficient (Wildman–Crippen LogP) is 4.62. The van der Waals surface area contributed by atoms with Gasteiger partial charge in [0.15, 0.2) is 0 Å². The highest BCUT2D eigenvalue weighted by atomic mass is 35.5. The maximum absolute atomic E-state index is 13.5. The maximum Gasteiger partial charge on any atom is 0.281 e. The van der Waals surface area contributed by atoms with Crippen LogP contribution in [0.2, 0.25) is 5.02 Å². The largest absolute Gasteiger partial charge is 0.487 e. The number of H-pyrrole nitrogens is 1. The Morgan fingerprint density at radius 1 is 1.15 bits per heavy atom. The third-order valence-electron chi connectivity index (χ3n) is 5.16. The Hall–Kier alpha value is -4.17. The number of halogens is 2. The number of fused-ring (bicyclic) bond motifs is 1. The highest BCUT2D eigenvalue weighted by molar-refractivity contribution is 6.32. The van der Waals surface area contributed by atoms with E-state index in [-0.39, 0.29) is 24.1 Å². The van der Waals surface area contributed by atoms with Crippen LogP contribution in [0.3, 0.4) is 0 Å². The van der Waals surface area contributed by atoms with Crippen LogP contribution in [0.15, 0.2) is 94.6 Å². The van der Waals surface area contributed by atoms with Crippen molar-refractivity contribution in [1.29, 1.82) is 0 Å². The van der Waals surface area contributed by atoms with Gasteiger partial charge in [0.1, 0.15) is 18.2 Å². The van der Waals surface area contributed by atoms with Gasteiger partial charge in [0.05, 0.1) is 39.6 Å². The molecule has 0 fully saturated rings. The minimum atomic E-state index is -0.407. The van der Waals surface area contributed by atoms with E-state index in [0.29, 0.717) is 33.4 Å². The number of aliphatic imine (C=N–C) groups is 1. The third-order valence-corrected chi connectivity index (χ3v) is 5.48. The van der Waals surface area contributed by atoms with Gasteiger partial charge < -0.3 is 9.30 Å². The zero-order valence-corrected chi connectivity index (χ0v) is 18.8. The molecule has 7 nitrogen and oxygen atoms in total. The van der Waals surface area contributed by atoms with Gasteiger partial charge in [-0.3, -0.25) is 19.7 Å². The van der Waals surface area contributed by atoms with Gasteiger partial charge in [-0.05, 0) is 42.5 Å². The lowest BCUT2D eigenvalue weighted by Gasteiger charge is -2.14. The summed E-state index contributed by atoms with van der Waals surface area (Å²) in [4.78, 5) is 30.7. The molecule has 0 unspecified atom stereocenters. The second-order valence-corrected chi connectivity index (χ2v) is 7.66. The van der Waals surface area contributed by atoms with Crippen molar-refractivity contribution in [2.75, 3.05) is 0 Å². The fourth-order valence-electron chi connectivity index (χ4n) is 3.55. The highest BCUT2D eigenvalue weighted by Gasteiger charge is 2.20. The van der Waals surface area contributed by atoms with Crippen LogP contribution in [0.25, 0.3) is 16.6 Å². The summed E-state index contributed by atoms with van der Waals surface area (Å²) in [5.41, 5.74) is 0.769. The maximum atomic E-state index is 13.5. The number of allylic oxidation sites excluding steroid dienone is 1. The van der Waals surface area contributed by atoms with Crippen LogP contribution >= 0.6 is 11.6 Å². The van der Waals surface area contributed by atoms with E-state index in [4.69, 9.17) is 16.3 Å².